The summed E-state index contributed by atoms with van der Waals surface area (Å²) in [7, 11) is 0. The predicted octanol–water partition coefficient (Wildman–Crippen LogP) is 5.42. The maximum atomic E-state index is 10.5. The topological polar surface area (TPSA) is 26.3 Å². The van der Waals surface area contributed by atoms with E-state index in [9.17, 15) is 4.79 Å². The van der Waals surface area contributed by atoms with Crippen molar-refractivity contribution in [2.24, 2.45) is 0 Å². The molecule has 0 saturated carbocycles. The molecule has 0 fully saturated rings. The maximum Gasteiger partial charge on any atom is 0.302 e. The lowest BCUT2D eigenvalue weighted by molar-refractivity contribution is -0.141. The first-order valence-electron chi connectivity index (χ1n) is 8.05. The van der Waals surface area contributed by atoms with Gasteiger partial charge in [-0.05, 0) is 32.1 Å². The highest BCUT2D eigenvalue weighted by Gasteiger charge is 1.93. The monoisotopic (exact) mass is 268 g/mol. The summed E-state index contributed by atoms with van der Waals surface area (Å²) in [6.45, 7) is 4.31. The molecule has 0 bridgehead atoms. The zero-order valence-electron chi connectivity index (χ0n) is 13.0. The van der Waals surface area contributed by atoms with Gasteiger partial charge in [-0.15, -0.1) is 0 Å². The first-order chi connectivity index (χ1) is 9.27. The number of allylic oxidation sites excluding steroid dienone is 2. The lowest BCUT2D eigenvalue weighted by atomic mass is 10.1. The molecular weight excluding hydrogens is 236 g/mol. The van der Waals surface area contributed by atoms with Crippen molar-refractivity contribution in [1.29, 1.82) is 0 Å². The predicted molar refractivity (Wildman–Crippen MR) is 82.2 cm³/mol. The van der Waals surface area contributed by atoms with Gasteiger partial charge in [-0.2, -0.15) is 0 Å². The Kier molecular flexibility index (Phi) is 14.6. The molecule has 0 rings (SSSR count). The number of carbonyl (C=O) groups excluding carboxylic acids is 1. The van der Waals surface area contributed by atoms with Gasteiger partial charge in [0.1, 0.15) is 0 Å². The number of hydrogen-bond acceptors (Lipinski definition) is 2. The van der Waals surface area contributed by atoms with Gasteiger partial charge in [-0.25, -0.2) is 0 Å². The summed E-state index contributed by atoms with van der Waals surface area (Å²) in [5, 5.41) is 0. The van der Waals surface area contributed by atoms with Gasteiger partial charge in [0, 0.05) is 6.92 Å². The van der Waals surface area contributed by atoms with Gasteiger partial charge < -0.3 is 4.74 Å². The summed E-state index contributed by atoms with van der Waals surface area (Å²) in [6, 6.07) is 0. The molecule has 2 heteroatoms. The van der Waals surface area contributed by atoms with Crippen molar-refractivity contribution in [3.8, 4) is 0 Å². The van der Waals surface area contributed by atoms with E-state index in [4.69, 9.17) is 4.74 Å². The molecule has 0 spiro atoms. The van der Waals surface area contributed by atoms with Crippen molar-refractivity contribution in [3.63, 3.8) is 0 Å². The van der Waals surface area contributed by atoms with Gasteiger partial charge in [0.05, 0.1) is 6.61 Å². The summed E-state index contributed by atoms with van der Waals surface area (Å²) < 4.78 is 4.89. The van der Waals surface area contributed by atoms with Gasteiger partial charge in [-0.1, -0.05) is 57.6 Å². The van der Waals surface area contributed by atoms with Crippen molar-refractivity contribution in [1.82, 2.24) is 0 Å². The molecule has 0 radical (unpaired) electrons. The van der Waals surface area contributed by atoms with E-state index in [-0.39, 0.29) is 5.97 Å². The molecule has 0 N–H and O–H groups in total. The fourth-order valence-electron chi connectivity index (χ4n) is 2.04. The van der Waals surface area contributed by atoms with Crippen LogP contribution < -0.4 is 0 Å². The van der Waals surface area contributed by atoms with Gasteiger partial charge in [0.2, 0.25) is 0 Å². The van der Waals surface area contributed by atoms with Crippen LogP contribution in [0.5, 0.6) is 0 Å². The average Bonchev–Trinajstić information content (AvgIpc) is 2.39. The molecule has 2 nitrogen and oxygen atoms in total. The quantitative estimate of drug-likeness (QED) is 0.253. The fourth-order valence-corrected chi connectivity index (χ4v) is 2.04. The minimum atomic E-state index is -0.165. The minimum absolute atomic E-state index is 0.165. The third kappa shape index (κ3) is 17.2. The Morgan fingerprint density at radius 1 is 0.842 bits per heavy atom. The Morgan fingerprint density at radius 3 is 1.89 bits per heavy atom. The van der Waals surface area contributed by atoms with E-state index in [0.29, 0.717) is 6.61 Å². The van der Waals surface area contributed by atoms with Crippen molar-refractivity contribution in [2.75, 3.05) is 6.61 Å². The molecular formula is C17H32O2. The van der Waals surface area contributed by atoms with Crippen LogP contribution in [0.15, 0.2) is 12.2 Å². The highest BCUT2D eigenvalue weighted by molar-refractivity contribution is 5.65. The minimum Gasteiger partial charge on any atom is -0.466 e. The van der Waals surface area contributed by atoms with Gasteiger partial charge in [0.15, 0.2) is 0 Å². The molecule has 0 aliphatic rings. The molecule has 0 aromatic carbocycles. The molecule has 112 valence electrons. The van der Waals surface area contributed by atoms with Crippen LogP contribution in [0.3, 0.4) is 0 Å². The second-order valence-electron chi connectivity index (χ2n) is 5.22. The van der Waals surface area contributed by atoms with Gasteiger partial charge >= 0.3 is 5.97 Å². The number of carbonyl (C=O) groups is 1. The molecule has 19 heavy (non-hydrogen) atoms. The van der Waals surface area contributed by atoms with Crippen molar-refractivity contribution >= 4 is 5.97 Å². The molecule has 0 aliphatic carbocycles. The second-order valence-corrected chi connectivity index (χ2v) is 5.22. The summed E-state index contributed by atoms with van der Waals surface area (Å²) >= 11 is 0. The summed E-state index contributed by atoms with van der Waals surface area (Å²) in [5.41, 5.74) is 0. The SMILES string of the molecule is CCCCCCC/C=C/CCCCCCOC(C)=O. The number of hydrogen-bond donors (Lipinski definition) is 0. The van der Waals surface area contributed by atoms with Crippen LogP contribution in [0.4, 0.5) is 0 Å². The van der Waals surface area contributed by atoms with Crippen LogP contribution in [0, 0.1) is 0 Å². The standard InChI is InChI=1S/C17H32O2/c1-3-4-5-6-7-8-9-10-11-12-13-14-15-16-19-17(2)18/h9-10H,3-8,11-16H2,1-2H3/b10-9+. The first-order valence-corrected chi connectivity index (χ1v) is 8.05. The Hall–Kier alpha value is -0.790. The fraction of sp³-hybridized carbons (Fsp3) is 0.824. The average molecular weight is 268 g/mol. The zero-order valence-corrected chi connectivity index (χ0v) is 13.0. The lowest BCUT2D eigenvalue weighted by Gasteiger charge is -2.01. The van der Waals surface area contributed by atoms with E-state index in [1.54, 1.807) is 0 Å². The highest BCUT2D eigenvalue weighted by Crippen LogP contribution is 2.07. The van der Waals surface area contributed by atoms with Crippen LogP contribution >= 0.6 is 0 Å². The Bertz CT molecular complexity index is 221. The molecule has 0 amide bonds. The van der Waals surface area contributed by atoms with E-state index >= 15 is 0 Å². The number of ether oxygens (including phenoxy) is 1. The van der Waals surface area contributed by atoms with Crippen LogP contribution in [0.1, 0.15) is 84.5 Å². The number of esters is 1. The van der Waals surface area contributed by atoms with Crippen LogP contribution in [-0.4, -0.2) is 12.6 Å². The molecule has 0 heterocycles. The van der Waals surface area contributed by atoms with Crippen molar-refractivity contribution in [2.45, 2.75) is 84.5 Å². The van der Waals surface area contributed by atoms with Gasteiger partial charge in [0.25, 0.3) is 0 Å². The van der Waals surface area contributed by atoms with E-state index in [0.717, 1.165) is 12.8 Å². The summed E-state index contributed by atoms with van der Waals surface area (Å²) in [6.07, 6.45) is 18.6. The lowest BCUT2D eigenvalue weighted by Crippen LogP contribution is -1.99. The molecule has 0 unspecified atom stereocenters. The van der Waals surface area contributed by atoms with Crippen LogP contribution in [-0.2, 0) is 9.53 Å². The van der Waals surface area contributed by atoms with Crippen LogP contribution in [0.2, 0.25) is 0 Å². The maximum absolute atomic E-state index is 10.5. The largest absolute Gasteiger partial charge is 0.466 e. The van der Waals surface area contributed by atoms with E-state index in [1.165, 1.54) is 64.7 Å². The van der Waals surface area contributed by atoms with E-state index in [1.807, 2.05) is 0 Å². The highest BCUT2D eigenvalue weighted by atomic mass is 16.5. The third-order valence-corrected chi connectivity index (χ3v) is 3.21. The number of rotatable bonds is 13. The van der Waals surface area contributed by atoms with E-state index in [2.05, 4.69) is 19.1 Å². The molecule has 0 atom stereocenters. The molecule has 0 saturated heterocycles. The number of unbranched alkanes of at least 4 members (excludes halogenated alkanes) is 9. The molecule has 0 aromatic rings. The van der Waals surface area contributed by atoms with E-state index < -0.39 is 0 Å². The summed E-state index contributed by atoms with van der Waals surface area (Å²) in [4.78, 5) is 10.5. The molecule has 0 aliphatic heterocycles. The second kappa shape index (κ2) is 15.3. The van der Waals surface area contributed by atoms with Crippen molar-refractivity contribution < 1.29 is 9.53 Å². The van der Waals surface area contributed by atoms with Gasteiger partial charge in [-0.3, -0.25) is 4.79 Å². The Labute approximate surface area is 119 Å². The Morgan fingerprint density at radius 2 is 1.37 bits per heavy atom. The third-order valence-electron chi connectivity index (χ3n) is 3.21. The van der Waals surface area contributed by atoms with Crippen molar-refractivity contribution in [3.05, 3.63) is 12.2 Å². The summed E-state index contributed by atoms with van der Waals surface area (Å²) in [5.74, 6) is -0.165. The smallest absolute Gasteiger partial charge is 0.302 e. The normalized spacial score (nSPS) is 11.1. The zero-order chi connectivity index (χ0) is 14.2. The Balaban J connectivity index is 3.06. The first kappa shape index (κ1) is 18.2. The van der Waals surface area contributed by atoms with Crippen LogP contribution in [0.25, 0.3) is 0 Å². The molecule has 0 aromatic heterocycles.